The monoisotopic (exact) mass is 364 g/mol. The molecule has 26 heavy (non-hydrogen) atoms. The minimum Gasteiger partial charge on any atom is -0.263 e. The molecule has 2 aromatic carbocycles. The van der Waals surface area contributed by atoms with Crippen molar-refractivity contribution in [1.82, 2.24) is 9.78 Å². The molecule has 0 spiro atoms. The third-order valence-corrected chi connectivity index (χ3v) is 5.63. The van der Waals surface area contributed by atoms with Crippen LogP contribution in [0.15, 0.2) is 65.6 Å². The summed E-state index contributed by atoms with van der Waals surface area (Å²) in [6, 6.07) is 19.0. The van der Waals surface area contributed by atoms with Gasteiger partial charge in [-0.05, 0) is 49.2 Å². The average Bonchev–Trinajstić information content (AvgIpc) is 3.43. The number of hydrogen-bond acceptors (Lipinski definition) is 4. The quantitative estimate of drug-likeness (QED) is 0.751. The maximum Gasteiger partial charge on any atom is 0.263 e. The predicted molar refractivity (Wildman–Crippen MR) is 97.5 cm³/mol. The van der Waals surface area contributed by atoms with Gasteiger partial charge in [-0.1, -0.05) is 18.2 Å². The molecule has 3 aromatic rings. The van der Waals surface area contributed by atoms with Crippen LogP contribution in [-0.2, 0) is 10.0 Å². The molecule has 1 aliphatic carbocycles. The molecule has 1 heterocycles. The Labute approximate surface area is 151 Å². The van der Waals surface area contributed by atoms with Crippen LogP contribution < -0.4 is 4.72 Å². The first-order valence-corrected chi connectivity index (χ1v) is 9.73. The van der Waals surface area contributed by atoms with Crippen molar-refractivity contribution in [2.45, 2.75) is 23.7 Å². The van der Waals surface area contributed by atoms with Crippen LogP contribution in [0.4, 0.5) is 5.82 Å². The molecule has 0 unspecified atom stereocenters. The molecule has 0 atom stereocenters. The first-order chi connectivity index (χ1) is 12.6. The number of sulfonamides is 1. The Morgan fingerprint density at radius 3 is 2.38 bits per heavy atom. The first-order valence-electron chi connectivity index (χ1n) is 8.25. The highest BCUT2D eigenvalue weighted by atomic mass is 32.2. The molecule has 0 bridgehead atoms. The van der Waals surface area contributed by atoms with E-state index in [1.807, 2.05) is 36.4 Å². The summed E-state index contributed by atoms with van der Waals surface area (Å²) in [7, 11) is -3.78. The van der Waals surface area contributed by atoms with E-state index in [9.17, 15) is 8.42 Å². The molecule has 1 aliphatic rings. The second-order valence-electron chi connectivity index (χ2n) is 6.22. The van der Waals surface area contributed by atoms with Crippen LogP contribution in [0.1, 0.15) is 30.0 Å². The lowest BCUT2D eigenvalue weighted by atomic mass is 10.2. The summed E-state index contributed by atoms with van der Waals surface area (Å²) in [5.41, 5.74) is 2.10. The second-order valence-corrected chi connectivity index (χ2v) is 7.90. The molecule has 1 N–H and O–H groups in total. The van der Waals surface area contributed by atoms with Crippen LogP contribution in [-0.4, -0.2) is 18.2 Å². The number of aromatic nitrogens is 2. The van der Waals surface area contributed by atoms with E-state index < -0.39 is 10.0 Å². The van der Waals surface area contributed by atoms with Gasteiger partial charge in [0, 0.05) is 12.0 Å². The van der Waals surface area contributed by atoms with E-state index in [1.165, 1.54) is 24.3 Å². The van der Waals surface area contributed by atoms with Crippen LogP contribution in [0.25, 0.3) is 5.69 Å². The van der Waals surface area contributed by atoms with Gasteiger partial charge >= 0.3 is 0 Å². The van der Waals surface area contributed by atoms with E-state index in [4.69, 9.17) is 5.26 Å². The van der Waals surface area contributed by atoms with Gasteiger partial charge in [-0.2, -0.15) is 10.4 Å². The van der Waals surface area contributed by atoms with Crippen molar-refractivity contribution in [3.8, 4) is 11.8 Å². The van der Waals surface area contributed by atoms with E-state index in [-0.39, 0.29) is 4.90 Å². The maximum absolute atomic E-state index is 12.7. The fourth-order valence-corrected chi connectivity index (χ4v) is 3.75. The van der Waals surface area contributed by atoms with Gasteiger partial charge in [0.25, 0.3) is 10.0 Å². The summed E-state index contributed by atoms with van der Waals surface area (Å²) in [6.07, 6.45) is 2.15. The fourth-order valence-electron chi connectivity index (χ4n) is 2.72. The molecule has 0 radical (unpaired) electrons. The minimum atomic E-state index is -3.78. The van der Waals surface area contributed by atoms with Gasteiger partial charge in [0.2, 0.25) is 0 Å². The van der Waals surface area contributed by atoms with Gasteiger partial charge < -0.3 is 0 Å². The average molecular weight is 364 g/mol. The lowest BCUT2D eigenvalue weighted by Crippen LogP contribution is -2.15. The van der Waals surface area contributed by atoms with Crippen molar-refractivity contribution in [2.24, 2.45) is 0 Å². The third-order valence-electron chi connectivity index (χ3n) is 4.26. The molecule has 4 rings (SSSR count). The Hall–Kier alpha value is -3.11. The largest absolute Gasteiger partial charge is 0.263 e. The van der Waals surface area contributed by atoms with Crippen molar-refractivity contribution in [3.63, 3.8) is 0 Å². The number of nitrogens with one attached hydrogen (secondary N) is 1. The van der Waals surface area contributed by atoms with Gasteiger partial charge in [-0.25, -0.2) is 13.1 Å². The summed E-state index contributed by atoms with van der Waals surface area (Å²) < 4.78 is 29.7. The molecule has 0 saturated heterocycles. The van der Waals surface area contributed by atoms with Crippen LogP contribution >= 0.6 is 0 Å². The van der Waals surface area contributed by atoms with Crippen molar-refractivity contribution < 1.29 is 8.42 Å². The van der Waals surface area contributed by atoms with Crippen molar-refractivity contribution >= 4 is 15.8 Å². The van der Waals surface area contributed by atoms with Crippen molar-refractivity contribution in [3.05, 3.63) is 71.9 Å². The summed E-state index contributed by atoms with van der Waals surface area (Å²) in [5, 5.41) is 13.5. The number of anilines is 1. The van der Waals surface area contributed by atoms with Gasteiger partial charge in [-0.3, -0.25) is 4.72 Å². The van der Waals surface area contributed by atoms with E-state index in [0.717, 1.165) is 24.2 Å². The number of nitriles is 1. The highest BCUT2D eigenvalue weighted by Gasteiger charge is 2.28. The van der Waals surface area contributed by atoms with E-state index >= 15 is 0 Å². The summed E-state index contributed by atoms with van der Waals surface area (Å²) >= 11 is 0. The molecular formula is C19H16N4O2S. The summed E-state index contributed by atoms with van der Waals surface area (Å²) in [6.45, 7) is 0. The standard InChI is InChI=1S/C19H16N4O2S/c20-13-14-6-10-17(11-7-14)26(24,25)22-19-12-18(15-8-9-15)21-23(19)16-4-2-1-3-5-16/h1-7,10-12,15,22H,8-9H2. The molecule has 0 aliphatic heterocycles. The Morgan fingerprint density at radius 1 is 1.08 bits per heavy atom. The fraction of sp³-hybridized carbons (Fsp3) is 0.158. The molecule has 1 saturated carbocycles. The van der Waals surface area contributed by atoms with Gasteiger partial charge in [0.15, 0.2) is 0 Å². The van der Waals surface area contributed by atoms with Crippen molar-refractivity contribution in [2.75, 3.05) is 4.72 Å². The normalized spacial score (nSPS) is 14.0. The molecule has 6 nitrogen and oxygen atoms in total. The van der Waals surface area contributed by atoms with Gasteiger partial charge in [0.1, 0.15) is 5.82 Å². The molecule has 130 valence electrons. The van der Waals surface area contributed by atoms with Crippen LogP contribution in [0.5, 0.6) is 0 Å². The zero-order valence-corrected chi connectivity index (χ0v) is 14.6. The number of para-hydroxylation sites is 1. The first kappa shape index (κ1) is 16.4. The molecule has 1 fully saturated rings. The van der Waals surface area contributed by atoms with Crippen LogP contribution in [0.3, 0.4) is 0 Å². The number of rotatable bonds is 5. The second kappa shape index (κ2) is 6.32. The Bertz CT molecular complexity index is 1080. The topological polar surface area (TPSA) is 87.8 Å². The maximum atomic E-state index is 12.7. The van der Waals surface area contributed by atoms with Crippen LogP contribution in [0.2, 0.25) is 0 Å². The Kier molecular flexibility index (Phi) is 3.98. The van der Waals surface area contributed by atoms with E-state index in [1.54, 1.807) is 10.7 Å². The molecule has 0 amide bonds. The van der Waals surface area contributed by atoms with E-state index in [0.29, 0.717) is 17.3 Å². The number of benzene rings is 2. The Morgan fingerprint density at radius 2 is 1.77 bits per heavy atom. The van der Waals surface area contributed by atoms with Gasteiger partial charge in [-0.15, -0.1) is 0 Å². The summed E-state index contributed by atoms with van der Waals surface area (Å²) in [5.74, 6) is 0.806. The molecule has 1 aromatic heterocycles. The van der Waals surface area contributed by atoms with E-state index in [2.05, 4.69) is 9.82 Å². The predicted octanol–water partition coefficient (Wildman–Crippen LogP) is 3.42. The van der Waals surface area contributed by atoms with Gasteiger partial charge in [0.05, 0.1) is 27.9 Å². The smallest absolute Gasteiger partial charge is 0.263 e. The summed E-state index contributed by atoms with van der Waals surface area (Å²) in [4.78, 5) is 0.102. The highest BCUT2D eigenvalue weighted by Crippen LogP contribution is 2.40. The molecule has 7 heteroatoms. The third kappa shape index (κ3) is 3.19. The lowest BCUT2D eigenvalue weighted by Gasteiger charge is -2.10. The Balaban J connectivity index is 1.71. The van der Waals surface area contributed by atoms with Crippen molar-refractivity contribution in [1.29, 1.82) is 5.26 Å². The SMILES string of the molecule is N#Cc1ccc(S(=O)(=O)Nc2cc(C3CC3)nn2-c2ccccc2)cc1. The lowest BCUT2D eigenvalue weighted by molar-refractivity contribution is 0.600. The zero-order chi connectivity index (χ0) is 18.1. The zero-order valence-electron chi connectivity index (χ0n) is 13.8. The molecular weight excluding hydrogens is 348 g/mol. The number of hydrogen-bond donors (Lipinski definition) is 1. The number of nitrogens with zero attached hydrogens (tertiary/aromatic N) is 3. The minimum absolute atomic E-state index is 0.102. The highest BCUT2D eigenvalue weighted by molar-refractivity contribution is 7.92. The van der Waals surface area contributed by atoms with Crippen LogP contribution in [0, 0.1) is 11.3 Å².